The highest BCUT2D eigenvalue weighted by atomic mass is 16.4. The van der Waals surface area contributed by atoms with Gasteiger partial charge in [0.2, 0.25) is 0 Å². The summed E-state index contributed by atoms with van der Waals surface area (Å²) in [7, 11) is 1.72. The van der Waals surface area contributed by atoms with Crippen LogP contribution in [0.3, 0.4) is 0 Å². The lowest BCUT2D eigenvalue weighted by molar-refractivity contribution is 0.0687. The monoisotopic (exact) mass is 192 g/mol. The molecule has 1 N–H and O–H groups in total. The van der Waals surface area contributed by atoms with Crippen molar-refractivity contribution < 1.29 is 9.90 Å². The van der Waals surface area contributed by atoms with E-state index < -0.39 is 5.97 Å². The Morgan fingerprint density at radius 2 is 2.29 bits per heavy atom. The zero-order chi connectivity index (χ0) is 9.42. The van der Waals surface area contributed by atoms with Gasteiger partial charge in [-0.25, -0.2) is 4.79 Å². The van der Waals surface area contributed by atoms with Crippen molar-refractivity contribution in [2.24, 2.45) is 7.05 Å². The van der Waals surface area contributed by atoms with Crippen LogP contribution in [0.25, 0.3) is 11.0 Å². The van der Waals surface area contributed by atoms with E-state index in [2.05, 4.69) is 4.98 Å². The lowest BCUT2D eigenvalue weighted by Crippen LogP contribution is -2.03. The molecule has 0 aliphatic carbocycles. The number of rotatable bonds is 1. The second-order valence-electron chi connectivity index (χ2n) is 2.80. The van der Waals surface area contributed by atoms with Crippen molar-refractivity contribution in [3.05, 3.63) is 30.1 Å². The largest absolute Gasteiger partial charge is 0.477 e. The zero-order valence-corrected chi connectivity index (χ0v) is 7.06. The van der Waals surface area contributed by atoms with Crippen LogP contribution in [0.4, 0.5) is 0 Å². The summed E-state index contributed by atoms with van der Waals surface area (Å²) in [5.41, 5.74) is 1.80. The van der Waals surface area contributed by atoms with Crippen molar-refractivity contribution in [1.82, 2.24) is 9.55 Å². The SMILES string of the molecule is C.Cn1c(C(=O)O)cc2ncccc21. The van der Waals surface area contributed by atoms with Crippen molar-refractivity contribution in [1.29, 1.82) is 0 Å². The Morgan fingerprint density at radius 1 is 1.57 bits per heavy atom. The van der Waals surface area contributed by atoms with Crippen LogP contribution in [0.5, 0.6) is 0 Å². The summed E-state index contributed by atoms with van der Waals surface area (Å²) in [4.78, 5) is 14.8. The maximum atomic E-state index is 10.7. The molecule has 2 aromatic heterocycles. The number of carboxylic acids is 1. The van der Waals surface area contributed by atoms with Crippen LogP contribution < -0.4 is 0 Å². The van der Waals surface area contributed by atoms with Crippen molar-refractivity contribution in [3.8, 4) is 0 Å². The van der Waals surface area contributed by atoms with Gasteiger partial charge >= 0.3 is 5.97 Å². The van der Waals surface area contributed by atoms with Gasteiger partial charge in [0.05, 0.1) is 11.0 Å². The Bertz CT molecular complexity index is 474. The van der Waals surface area contributed by atoms with Gasteiger partial charge < -0.3 is 9.67 Å². The quantitative estimate of drug-likeness (QED) is 0.750. The van der Waals surface area contributed by atoms with Gasteiger partial charge in [0.1, 0.15) is 5.69 Å². The van der Waals surface area contributed by atoms with Crippen LogP contribution in [0.1, 0.15) is 17.9 Å². The summed E-state index contributed by atoms with van der Waals surface area (Å²) in [5, 5.41) is 8.82. The highest BCUT2D eigenvalue weighted by molar-refractivity contribution is 5.92. The minimum atomic E-state index is -0.930. The minimum absolute atomic E-state index is 0. The van der Waals surface area contributed by atoms with Crippen LogP contribution in [0.2, 0.25) is 0 Å². The first-order valence-corrected chi connectivity index (χ1v) is 3.84. The maximum Gasteiger partial charge on any atom is 0.352 e. The predicted molar refractivity (Wildman–Crippen MR) is 54.4 cm³/mol. The molecule has 0 aliphatic rings. The van der Waals surface area contributed by atoms with E-state index in [4.69, 9.17) is 5.11 Å². The molecule has 74 valence electrons. The highest BCUT2D eigenvalue weighted by Gasteiger charge is 2.11. The molecule has 0 fully saturated rings. The minimum Gasteiger partial charge on any atom is -0.477 e. The molecule has 0 saturated carbocycles. The molecule has 0 atom stereocenters. The van der Waals surface area contributed by atoms with E-state index in [-0.39, 0.29) is 13.1 Å². The Morgan fingerprint density at radius 3 is 2.86 bits per heavy atom. The molecule has 2 aromatic rings. The summed E-state index contributed by atoms with van der Waals surface area (Å²) in [6, 6.07) is 5.19. The fraction of sp³-hybridized carbons (Fsp3) is 0.200. The topological polar surface area (TPSA) is 55.1 Å². The number of aryl methyl sites for hydroxylation is 1. The third kappa shape index (κ3) is 1.35. The van der Waals surface area contributed by atoms with Gasteiger partial charge in [0.25, 0.3) is 0 Å². The van der Waals surface area contributed by atoms with E-state index in [1.165, 1.54) is 0 Å². The second kappa shape index (κ2) is 3.49. The number of hydrogen-bond acceptors (Lipinski definition) is 2. The molecule has 0 radical (unpaired) electrons. The average Bonchev–Trinajstić information content (AvgIpc) is 2.45. The van der Waals surface area contributed by atoms with Crippen molar-refractivity contribution in [3.63, 3.8) is 0 Å². The summed E-state index contributed by atoms with van der Waals surface area (Å²) >= 11 is 0. The molecule has 4 heteroatoms. The standard InChI is InChI=1S/C9H8N2O2.CH4/c1-11-7-3-2-4-10-6(7)5-8(11)9(12)13;/h2-5H,1H3,(H,12,13);1H4. The fourth-order valence-electron chi connectivity index (χ4n) is 1.37. The van der Waals surface area contributed by atoms with Crippen LogP contribution in [-0.4, -0.2) is 20.6 Å². The van der Waals surface area contributed by atoms with Gasteiger partial charge in [-0.1, -0.05) is 7.43 Å². The molecule has 2 rings (SSSR count). The molecule has 14 heavy (non-hydrogen) atoms. The van der Waals surface area contributed by atoms with E-state index >= 15 is 0 Å². The molecular weight excluding hydrogens is 180 g/mol. The van der Waals surface area contributed by atoms with E-state index in [9.17, 15) is 4.79 Å². The van der Waals surface area contributed by atoms with Gasteiger partial charge in [-0.15, -0.1) is 0 Å². The zero-order valence-electron chi connectivity index (χ0n) is 7.06. The summed E-state index contributed by atoms with van der Waals surface area (Å²) in [5.74, 6) is -0.930. The van der Waals surface area contributed by atoms with Crippen LogP contribution in [0.15, 0.2) is 24.4 Å². The molecule has 0 aliphatic heterocycles. The Hall–Kier alpha value is -1.84. The molecule has 2 heterocycles. The van der Waals surface area contributed by atoms with Crippen molar-refractivity contribution in [2.75, 3.05) is 0 Å². The van der Waals surface area contributed by atoms with Gasteiger partial charge in [0.15, 0.2) is 0 Å². The number of hydrogen-bond donors (Lipinski definition) is 1. The van der Waals surface area contributed by atoms with Crippen LogP contribution in [0, 0.1) is 0 Å². The van der Waals surface area contributed by atoms with E-state index in [0.29, 0.717) is 5.52 Å². The fourth-order valence-corrected chi connectivity index (χ4v) is 1.37. The number of pyridine rings is 1. The lowest BCUT2D eigenvalue weighted by Gasteiger charge is -1.97. The molecule has 0 bridgehead atoms. The summed E-state index contributed by atoms with van der Waals surface area (Å²) in [6.07, 6.45) is 1.65. The van der Waals surface area contributed by atoms with Gasteiger partial charge in [-0.2, -0.15) is 0 Å². The molecule has 0 aromatic carbocycles. The first kappa shape index (κ1) is 10.2. The Labute approximate surface area is 81.8 Å². The summed E-state index contributed by atoms with van der Waals surface area (Å²) in [6.45, 7) is 0. The number of aromatic nitrogens is 2. The third-order valence-corrected chi connectivity index (χ3v) is 2.03. The molecule has 0 unspecified atom stereocenters. The maximum absolute atomic E-state index is 10.7. The normalized spacial score (nSPS) is 9.79. The predicted octanol–water partition coefficient (Wildman–Crippen LogP) is 1.91. The smallest absolute Gasteiger partial charge is 0.352 e. The molecular formula is C10H12N2O2. The Kier molecular flexibility index (Phi) is 2.56. The third-order valence-electron chi connectivity index (χ3n) is 2.03. The van der Waals surface area contributed by atoms with Crippen LogP contribution in [-0.2, 0) is 7.05 Å². The van der Waals surface area contributed by atoms with Crippen LogP contribution >= 0.6 is 0 Å². The summed E-state index contributed by atoms with van der Waals surface area (Å²) < 4.78 is 1.62. The van der Waals surface area contributed by atoms with E-state index in [1.54, 1.807) is 29.9 Å². The lowest BCUT2D eigenvalue weighted by atomic mass is 10.4. The second-order valence-corrected chi connectivity index (χ2v) is 2.80. The van der Waals surface area contributed by atoms with E-state index in [0.717, 1.165) is 5.52 Å². The molecule has 0 saturated heterocycles. The Balaban J connectivity index is 0.000000980. The van der Waals surface area contributed by atoms with Gasteiger partial charge in [0, 0.05) is 13.2 Å². The number of fused-ring (bicyclic) bond motifs is 1. The van der Waals surface area contributed by atoms with Crippen molar-refractivity contribution in [2.45, 2.75) is 7.43 Å². The number of aromatic carboxylic acids is 1. The van der Waals surface area contributed by atoms with Gasteiger partial charge in [-0.05, 0) is 18.2 Å². The first-order valence-electron chi connectivity index (χ1n) is 3.84. The highest BCUT2D eigenvalue weighted by Crippen LogP contribution is 2.15. The molecule has 0 spiro atoms. The average molecular weight is 192 g/mol. The van der Waals surface area contributed by atoms with E-state index in [1.807, 2.05) is 6.07 Å². The molecule has 0 amide bonds. The molecule has 4 nitrogen and oxygen atoms in total. The number of carboxylic acid groups (broad SMARTS) is 1. The van der Waals surface area contributed by atoms with Crippen molar-refractivity contribution >= 4 is 17.0 Å². The number of carbonyl (C=O) groups is 1. The first-order chi connectivity index (χ1) is 6.20. The van der Waals surface area contributed by atoms with Gasteiger partial charge in [-0.3, -0.25) is 4.98 Å². The number of nitrogens with zero attached hydrogens (tertiary/aromatic N) is 2.